The van der Waals surface area contributed by atoms with Gasteiger partial charge in [-0.3, -0.25) is 4.68 Å². The number of halogens is 2. The predicted octanol–water partition coefficient (Wildman–Crippen LogP) is 3.66. The third-order valence-corrected chi connectivity index (χ3v) is 3.26. The molecule has 1 fully saturated rings. The van der Waals surface area contributed by atoms with E-state index in [1.54, 1.807) is 12.1 Å². The predicted molar refractivity (Wildman–Crippen MR) is 68.2 cm³/mol. The SMILES string of the molecule is Clc1cc(-c2cnn(CC3CC3)c2)cc(Cl)n1. The summed E-state index contributed by atoms with van der Waals surface area (Å²) >= 11 is 11.8. The summed E-state index contributed by atoms with van der Waals surface area (Å²) in [7, 11) is 0. The number of hydrogen-bond acceptors (Lipinski definition) is 2. The molecule has 1 aliphatic rings. The van der Waals surface area contributed by atoms with Gasteiger partial charge in [0.1, 0.15) is 10.3 Å². The third-order valence-electron chi connectivity index (χ3n) is 2.87. The highest BCUT2D eigenvalue weighted by Crippen LogP contribution is 2.31. The van der Waals surface area contributed by atoms with E-state index in [4.69, 9.17) is 23.2 Å². The van der Waals surface area contributed by atoms with Crippen LogP contribution in [0.15, 0.2) is 24.5 Å². The smallest absolute Gasteiger partial charge is 0.131 e. The molecule has 2 aromatic rings. The van der Waals surface area contributed by atoms with Crippen molar-refractivity contribution < 1.29 is 0 Å². The summed E-state index contributed by atoms with van der Waals surface area (Å²) in [5, 5.41) is 5.15. The zero-order valence-corrected chi connectivity index (χ0v) is 10.6. The molecular formula is C12H11Cl2N3. The average Bonchev–Trinajstić information content (AvgIpc) is 2.93. The Kier molecular flexibility index (Phi) is 2.81. The highest BCUT2D eigenvalue weighted by molar-refractivity contribution is 6.32. The summed E-state index contributed by atoms with van der Waals surface area (Å²) in [4.78, 5) is 3.93. The summed E-state index contributed by atoms with van der Waals surface area (Å²) in [6.45, 7) is 1.01. The van der Waals surface area contributed by atoms with Gasteiger partial charge < -0.3 is 0 Å². The fourth-order valence-electron chi connectivity index (χ4n) is 1.81. The maximum atomic E-state index is 5.88. The van der Waals surface area contributed by atoms with Gasteiger partial charge in [-0.25, -0.2) is 4.98 Å². The molecule has 88 valence electrons. The molecule has 1 aliphatic carbocycles. The highest BCUT2D eigenvalue weighted by Gasteiger charge is 2.22. The van der Waals surface area contributed by atoms with E-state index in [1.165, 1.54) is 12.8 Å². The van der Waals surface area contributed by atoms with E-state index >= 15 is 0 Å². The zero-order valence-electron chi connectivity index (χ0n) is 9.11. The molecule has 0 atom stereocenters. The maximum absolute atomic E-state index is 5.88. The Morgan fingerprint density at radius 3 is 2.53 bits per heavy atom. The number of aromatic nitrogens is 3. The number of nitrogens with zero attached hydrogens (tertiary/aromatic N) is 3. The van der Waals surface area contributed by atoms with Crippen LogP contribution in [0.3, 0.4) is 0 Å². The molecule has 0 spiro atoms. The lowest BCUT2D eigenvalue weighted by Crippen LogP contribution is -1.98. The summed E-state index contributed by atoms with van der Waals surface area (Å²) in [6, 6.07) is 3.60. The molecule has 0 N–H and O–H groups in total. The van der Waals surface area contributed by atoms with Gasteiger partial charge in [-0.05, 0) is 36.5 Å². The van der Waals surface area contributed by atoms with Gasteiger partial charge in [-0.1, -0.05) is 23.2 Å². The summed E-state index contributed by atoms with van der Waals surface area (Å²) in [6.07, 6.45) is 6.51. The first-order valence-corrected chi connectivity index (χ1v) is 6.32. The molecule has 0 saturated heterocycles. The minimum Gasteiger partial charge on any atom is -0.272 e. The quantitative estimate of drug-likeness (QED) is 0.795. The van der Waals surface area contributed by atoms with E-state index in [1.807, 2.05) is 17.1 Å². The average molecular weight is 268 g/mol. The normalized spacial score (nSPS) is 15.2. The number of pyridine rings is 1. The van der Waals surface area contributed by atoms with E-state index in [0.29, 0.717) is 10.3 Å². The fraction of sp³-hybridized carbons (Fsp3) is 0.333. The van der Waals surface area contributed by atoms with Crippen molar-refractivity contribution in [3.8, 4) is 11.1 Å². The van der Waals surface area contributed by atoms with Gasteiger partial charge >= 0.3 is 0 Å². The minimum atomic E-state index is 0.405. The van der Waals surface area contributed by atoms with Crippen molar-refractivity contribution in [2.45, 2.75) is 19.4 Å². The Balaban J connectivity index is 1.88. The molecule has 0 radical (unpaired) electrons. The Morgan fingerprint density at radius 2 is 1.88 bits per heavy atom. The Bertz CT molecular complexity index is 526. The number of hydrogen-bond donors (Lipinski definition) is 0. The molecule has 2 aromatic heterocycles. The lowest BCUT2D eigenvalue weighted by molar-refractivity contribution is 0.563. The largest absolute Gasteiger partial charge is 0.272 e. The molecule has 0 bridgehead atoms. The van der Waals surface area contributed by atoms with Crippen LogP contribution < -0.4 is 0 Å². The van der Waals surface area contributed by atoms with E-state index in [2.05, 4.69) is 10.1 Å². The van der Waals surface area contributed by atoms with Crippen LogP contribution >= 0.6 is 23.2 Å². The van der Waals surface area contributed by atoms with Crippen LogP contribution in [0.2, 0.25) is 10.3 Å². The van der Waals surface area contributed by atoms with Gasteiger partial charge in [-0.2, -0.15) is 5.10 Å². The second-order valence-electron chi connectivity index (χ2n) is 4.40. The van der Waals surface area contributed by atoms with Crippen LogP contribution in [-0.4, -0.2) is 14.8 Å². The minimum absolute atomic E-state index is 0.405. The zero-order chi connectivity index (χ0) is 11.8. The molecule has 1 saturated carbocycles. The molecule has 0 aliphatic heterocycles. The maximum Gasteiger partial charge on any atom is 0.131 e. The van der Waals surface area contributed by atoms with Crippen LogP contribution in [0.1, 0.15) is 12.8 Å². The standard InChI is InChI=1S/C12H11Cl2N3/c13-11-3-9(4-12(14)16-11)10-5-15-17(7-10)6-8-1-2-8/h3-5,7-8H,1-2,6H2. The second kappa shape index (κ2) is 4.31. The van der Waals surface area contributed by atoms with Gasteiger partial charge in [0.2, 0.25) is 0 Å². The molecular weight excluding hydrogens is 257 g/mol. The first-order valence-electron chi connectivity index (χ1n) is 5.56. The van der Waals surface area contributed by atoms with Crippen LogP contribution in [-0.2, 0) is 6.54 Å². The van der Waals surface area contributed by atoms with Crippen molar-refractivity contribution in [3.05, 3.63) is 34.8 Å². The van der Waals surface area contributed by atoms with Gasteiger partial charge in [-0.15, -0.1) is 0 Å². The van der Waals surface area contributed by atoms with Crippen LogP contribution in [0, 0.1) is 5.92 Å². The molecule has 3 nitrogen and oxygen atoms in total. The van der Waals surface area contributed by atoms with Crippen molar-refractivity contribution in [2.75, 3.05) is 0 Å². The van der Waals surface area contributed by atoms with Crippen LogP contribution in [0.25, 0.3) is 11.1 Å². The van der Waals surface area contributed by atoms with Crippen molar-refractivity contribution >= 4 is 23.2 Å². The van der Waals surface area contributed by atoms with Crippen molar-refractivity contribution in [1.82, 2.24) is 14.8 Å². The van der Waals surface area contributed by atoms with Crippen molar-refractivity contribution in [3.63, 3.8) is 0 Å². The lowest BCUT2D eigenvalue weighted by atomic mass is 10.1. The van der Waals surface area contributed by atoms with E-state index in [9.17, 15) is 0 Å². The first-order chi connectivity index (χ1) is 8.20. The van der Waals surface area contributed by atoms with Crippen molar-refractivity contribution in [2.24, 2.45) is 5.92 Å². The summed E-state index contributed by atoms with van der Waals surface area (Å²) < 4.78 is 1.98. The van der Waals surface area contributed by atoms with E-state index < -0.39 is 0 Å². The Labute approximate surface area is 109 Å². The Hall–Kier alpha value is -1.06. The molecule has 5 heteroatoms. The fourth-order valence-corrected chi connectivity index (χ4v) is 2.27. The highest BCUT2D eigenvalue weighted by atomic mass is 35.5. The second-order valence-corrected chi connectivity index (χ2v) is 5.17. The molecule has 3 rings (SSSR count). The monoisotopic (exact) mass is 267 g/mol. The van der Waals surface area contributed by atoms with Gasteiger partial charge in [0.15, 0.2) is 0 Å². The molecule has 0 amide bonds. The van der Waals surface area contributed by atoms with Gasteiger partial charge in [0, 0.05) is 18.3 Å². The van der Waals surface area contributed by atoms with Crippen LogP contribution in [0.5, 0.6) is 0 Å². The summed E-state index contributed by atoms with van der Waals surface area (Å²) in [5.74, 6) is 0.812. The van der Waals surface area contributed by atoms with Gasteiger partial charge in [0.25, 0.3) is 0 Å². The van der Waals surface area contributed by atoms with Crippen LogP contribution in [0.4, 0.5) is 0 Å². The first kappa shape index (κ1) is 11.1. The van der Waals surface area contributed by atoms with Gasteiger partial charge in [0.05, 0.1) is 6.20 Å². The molecule has 0 aromatic carbocycles. The number of rotatable bonds is 3. The topological polar surface area (TPSA) is 30.7 Å². The Morgan fingerprint density at radius 1 is 1.18 bits per heavy atom. The molecule has 17 heavy (non-hydrogen) atoms. The lowest BCUT2D eigenvalue weighted by Gasteiger charge is -1.99. The van der Waals surface area contributed by atoms with Crippen molar-refractivity contribution in [1.29, 1.82) is 0 Å². The van der Waals surface area contributed by atoms with E-state index in [-0.39, 0.29) is 0 Å². The molecule has 0 unspecified atom stereocenters. The van der Waals surface area contributed by atoms with E-state index in [0.717, 1.165) is 23.6 Å². The third kappa shape index (κ3) is 2.61. The summed E-state index contributed by atoms with van der Waals surface area (Å²) in [5.41, 5.74) is 1.98. The molecule has 2 heterocycles.